The summed E-state index contributed by atoms with van der Waals surface area (Å²) < 4.78 is 28.3. The average molecular weight is 485 g/mol. The minimum atomic E-state index is -3.67. The van der Waals surface area contributed by atoms with Gasteiger partial charge in [0.2, 0.25) is 10.0 Å². The van der Waals surface area contributed by atoms with Gasteiger partial charge in [-0.25, -0.2) is 13.1 Å². The maximum absolute atomic E-state index is 12.9. The molecule has 1 amide bonds. The highest BCUT2D eigenvalue weighted by molar-refractivity contribution is 7.92. The lowest BCUT2D eigenvalue weighted by Crippen LogP contribution is -2.32. The molecule has 0 saturated heterocycles. The lowest BCUT2D eigenvalue weighted by atomic mass is 10.0. The number of rotatable bonds is 9. The van der Waals surface area contributed by atoms with E-state index >= 15 is 0 Å². The van der Waals surface area contributed by atoms with Crippen LogP contribution in [-0.4, -0.2) is 55.0 Å². The Bertz CT molecular complexity index is 1360. The van der Waals surface area contributed by atoms with Gasteiger partial charge in [0.25, 0.3) is 5.91 Å². The summed E-state index contributed by atoms with van der Waals surface area (Å²) >= 11 is 0. The van der Waals surface area contributed by atoms with Gasteiger partial charge in [0, 0.05) is 25.4 Å². The average Bonchev–Trinajstić information content (AvgIpc) is 3.55. The van der Waals surface area contributed by atoms with Gasteiger partial charge < -0.3 is 10.4 Å². The highest BCUT2D eigenvalue weighted by atomic mass is 32.2. The lowest BCUT2D eigenvalue weighted by molar-refractivity contribution is -0.137. The summed E-state index contributed by atoms with van der Waals surface area (Å²) in [6.45, 7) is 2.03. The van der Waals surface area contributed by atoms with Crippen molar-refractivity contribution in [3.8, 4) is 5.69 Å². The quantitative estimate of drug-likeness (QED) is 0.481. The van der Waals surface area contributed by atoms with Crippen LogP contribution in [0, 0.1) is 6.92 Å². The number of sulfonamides is 1. The second-order valence-electron chi connectivity index (χ2n) is 8.71. The number of carboxylic acids is 1. The number of carbonyl (C=O) groups is 2. The summed E-state index contributed by atoms with van der Waals surface area (Å²) in [5.41, 5.74) is 4.00. The number of amides is 1. The number of aryl methyl sites for hydroxylation is 1. The fraction of sp³-hybridized carbons (Fsp3) is 0.375. The Morgan fingerprint density at radius 1 is 1.21 bits per heavy atom. The molecule has 34 heavy (non-hydrogen) atoms. The van der Waals surface area contributed by atoms with Crippen LogP contribution >= 0.6 is 0 Å². The van der Waals surface area contributed by atoms with Crippen molar-refractivity contribution in [1.29, 1.82) is 0 Å². The van der Waals surface area contributed by atoms with Crippen molar-refractivity contribution in [2.45, 2.75) is 38.5 Å². The van der Waals surface area contributed by atoms with E-state index in [9.17, 15) is 18.0 Å². The Labute approximate surface area is 198 Å². The van der Waals surface area contributed by atoms with E-state index in [4.69, 9.17) is 5.11 Å². The minimum Gasteiger partial charge on any atom is -0.481 e. The zero-order chi connectivity index (χ0) is 24.6. The molecule has 0 spiro atoms. The van der Waals surface area contributed by atoms with Crippen LogP contribution in [-0.2, 0) is 14.8 Å². The topological polar surface area (TPSA) is 122 Å². The Morgan fingerprint density at radius 3 is 2.44 bits per heavy atom. The summed E-state index contributed by atoms with van der Waals surface area (Å²) in [5.74, 6) is -1.08. The van der Waals surface area contributed by atoms with Crippen LogP contribution < -0.4 is 9.62 Å². The molecule has 4 rings (SSSR count). The summed E-state index contributed by atoms with van der Waals surface area (Å²) in [4.78, 5) is 23.9. The van der Waals surface area contributed by atoms with E-state index in [2.05, 4.69) is 10.4 Å². The van der Waals surface area contributed by atoms with Gasteiger partial charge in [-0.1, -0.05) is 17.7 Å². The zero-order valence-electron chi connectivity index (χ0n) is 19.4. The lowest BCUT2D eigenvalue weighted by Gasteiger charge is -2.25. The van der Waals surface area contributed by atoms with Gasteiger partial charge in [-0.05, 0) is 61.9 Å². The van der Waals surface area contributed by atoms with E-state index < -0.39 is 16.0 Å². The molecule has 1 heterocycles. The second kappa shape index (κ2) is 9.09. The number of hydrogen-bond acceptors (Lipinski definition) is 5. The van der Waals surface area contributed by atoms with Crippen molar-refractivity contribution in [3.05, 3.63) is 53.2 Å². The van der Waals surface area contributed by atoms with Crippen molar-refractivity contribution < 1.29 is 23.1 Å². The third-order valence-electron chi connectivity index (χ3n) is 5.98. The number of anilines is 1. The number of aromatic nitrogens is 2. The predicted molar refractivity (Wildman–Crippen MR) is 130 cm³/mol. The monoisotopic (exact) mass is 484 g/mol. The minimum absolute atomic E-state index is 0.0529. The molecule has 1 aromatic heterocycles. The van der Waals surface area contributed by atoms with Gasteiger partial charge in [0.15, 0.2) is 0 Å². The molecule has 1 aliphatic rings. The fourth-order valence-corrected chi connectivity index (χ4v) is 5.10. The molecule has 2 aromatic carbocycles. The number of aliphatic carboxylic acids is 1. The summed E-state index contributed by atoms with van der Waals surface area (Å²) in [6.07, 6.45) is 3.02. The molecule has 3 aromatic rings. The van der Waals surface area contributed by atoms with E-state index in [-0.39, 0.29) is 31.2 Å². The molecule has 1 fully saturated rings. The molecule has 1 aliphatic carbocycles. The van der Waals surface area contributed by atoms with E-state index in [1.807, 2.05) is 37.3 Å². The maximum atomic E-state index is 12.9. The van der Waals surface area contributed by atoms with Gasteiger partial charge in [0.1, 0.15) is 5.69 Å². The molecular formula is C24H28N4O5S. The molecule has 0 radical (unpaired) electrons. The van der Waals surface area contributed by atoms with Gasteiger partial charge in [-0.2, -0.15) is 5.10 Å². The number of nitrogens with zero attached hydrogens (tertiary/aromatic N) is 3. The standard InChI is InChI=1S/C24H28N4O5S/c1-15-6-10-17(11-7-15)28-23(24(31)25-2)19-13-18(16-8-9-16)21(14-20(19)26-28)27(34(3,32)33)12-4-5-22(29)30/h6-7,10-11,13-14,16H,4-5,8-9,12H2,1-3H3,(H,25,31)(H,29,30). The van der Waals surface area contributed by atoms with Crippen molar-refractivity contribution in [1.82, 2.24) is 15.1 Å². The number of hydrogen-bond donors (Lipinski definition) is 2. The normalized spacial score (nSPS) is 13.7. The molecule has 0 unspecified atom stereocenters. The number of carboxylic acid groups (broad SMARTS) is 1. The van der Waals surface area contributed by atoms with Crippen LogP contribution in [0.15, 0.2) is 36.4 Å². The second-order valence-corrected chi connectivity index (χ2v) is 10.6. The van der Waals surface area contributed by atoms with Gasteiger partial charge in [-0.3, -0.25) is 13.9 Å². The van der Waals surface area contributed by atoms with Crippen LogP contribution in [0.25, 0.3) is 16.6 Å². The first kappa shape index (κ1) is 23.7. The third-order valence-corrected chi connectivity index (χ3v) is 7.16. The first-order valence-corrected chi connectivity index (χ1v) is 13.0. The zero-order valence-corrected chi connectivity index (χ0v) is 20.2. The summed E-state index contributed by atoms with van der Waals surface area (Å²) in [7, 11) is -2.11. The highest BCUT2D eigenvalue weighted by Crippen LogP contribution is 2.46. The smallest absolute Gasteiger partial charge is 0.303 e. The number of benzene rings is 2. The van der Waals surface area contributed by atoms with Crippen LogP contribution in [0.3, 0.4) is 0 Å². The first-order valence-electron chi connectivity index (χ1n) is 11.2. The Morgan fingerprint density at radius 2 is 1.88 bits per heavy atom. The van der Waals surface area contributed by atoms with Gasteiger partial charge >= 0.3 is 5.97 Å². The molecule has 0 bridgehead atoms. The third kappa shape index (κ3) is 4.77. The van der Waals surface area contributed by atoms with Crippen LogP contribution in [0.1, 0.15) is 53.2 Å². The predicted octanol–water partition coefficient (Wildman–Crippen LogP) is 3.20. The Hall–Kier alpha value is -3.40. The summed E-state index contributed by atoms with van der Waals surface area (Å²) in [6, 6.07) is 11.2. The molecule has 0 aliphatic heterocycles. The maximum Gasteiger partial charge on any atom is 0.303 e. The molecule has 1 saturated carbocycles. The van der Waals surface area contributed by atoms with Crippen molar-refractivity contribution in [3.63, 3.8) is 0 Å². The van der Waals surface area contributed by atoms with E-state index in [1.54, 1.807) is 17.8 Å². The van der Waals surface area contributed by atoms with E-state index in [0.717, 1.165) is 35.9 Å². The number of fused-ring (bicyclic) bond motifs is 1. The Balaban J connectivity index is 1.92. The van der Waals surface area contributed by atoms with E-state index in [1.165, 1.54) is 4.31 Å². The van der Waals surface area contributed by atoms with E-state index in [0.29, 0.717) is 22.3 Å². The van der Waals surface area contributed by atoms with Crippen LogP contribution in [0.2, 0.25) is 0 Å². The SMILES string of the molecule is CNC(=O)c1c2cc(C3CC3)c(N(CCCC(=O)O)S(C)(=O)=O)cc2nn1-c1ccc(C)cc1. The molecule has 2 N–H and O–H groups in total. The largest absolute Gasteiger partial charge is 0.481 e. The van der Waals surface area contributed by atoms with Crippen molar-refractivity contribution in [2.75, 3.05) is 24.2 Å². The van der Waals surface area contributed by atoms with Crippen LogP contribution in [0.5, 0.6) is 0 Å². The summed E-state index contributed by atoms with van der Waals surface area (Å²) in [5, 5.41) is 17.0. The fourth-order valence-electron chi connectivity index (χ4n) is 4.12. The molecule has 9 nitrogen and oxygen atoms in total. The van der Waals surface area contributed by atoms with Gasteiger partial charge in [-0.15, -0.1) is 0 Å². The van der Waals surface area contributed by atoms with Crippen molar-refractivity contribution in [2.24, 2.45) is 0 Å². The van der Waals surface area contributed by atoms with Gasteiger partial charge in [0.05, 0.1) is 23.1 Å². The number of carbonyl (C=O) groups excluding carboxylic acids is 1. The van der Waals surface area contributed by atoms with Crippen molar-refractivity contribution >= 4 is 38.5 Å². The Kier molecular flexibility index (Phi) is 6.35. The van der Waals surface area contributed by atoms with Crippen LogP contribution in [0.4, 0.5) is 5.69 Å². The molecule has 180 valence electrons. The first-order chi connectivity index (χ1) is 16.1. The highest BCUT2D eigenvalue weighted by Gasteiger charge is 2.32. The molecule has 10 heteroatoms. The molecule has 0 atom stereocenters. The molecular weight excluding hydrogens is 456 g/mol. The number of nitrogens with one attached hydrogen (secondary N) is 1.